The minimum atomic E-state index is 0.122. The number of halogens is 1. The average molecular weight is 325 g/mol. The third-order valence-corrected chi connectivity index (χ3v) is 4.10. The summed E-state index contributed by atoms with van der Waals surface area (Å²) >= 11 is 6.92. The molecule has 0 aliphatic heterocycles. The number of rotatable bonds is 4. The molecule has 2 rings (SSSR count). The van der Waals surface area contributed by atoms with Crippen LogP contribution in [0, 0.1) is 5.41 Å². The average Bonchev–Trinajstić information content (AvgIpc) is 2.73. The Morgan fingerprint density at radius 3 is 2.14 bits per heavy atom. The Balaban J connectivity index is 2.13. The highest BCUT2D eigenvalue weighted by molar-refractivity contribution is 6.99. The Hall–Kier alpha value is -1.13. The van der Waals surface area contributed by atoms with Gasteiger partial charge in [-0.1, -0.05) is 58.4 Å². The van der Waals surface area contributed by atoms with Crippen LogP contribution in [0.5, 0.6) is 11.6 Å². The van der Waals surface area contributed by atoms with E-state index in [-0.39, 0.29) is 5.41 Å². The molecule has 3 nitrogen and oxygen atoms in total. The number of ether oxygens (including phenoxy) is 1. The SMILES string of the molecule is CC(C)(C)CC(C)(C)c1ccc(Oc2nsnc2Cl)cc1. The third-order valence-electron chi connectivity index (χ3n) is 3.24. The van der Waals surface area contributed by atoms with Crippen LogP contribution in [0.15, 0.2) is 24.3 Å². The van der Waals surface area contributed by atoms with Gasteiger partial charge in [0, 0.05) is 0 Å². The maximum absolute atomic E-state index is 5.88. The predicted molar refractivity (Wildman–Crippen MR) is 88.5 cm³/mol. The minimum absolute atomic E-state index is 0.122. The van der Waals surface area contributed by atoms with Gasteiger partial charge in [-0.3, -0.25) is 0 Å². The van der Waals surface area contributed by atoms with Crippen molar-refractivity contribution < 1.29 is 4.74 Å². The molecule has 0 fully saturated rings. The second-order valence-corrected chi connectivity index (χ2v) is 7.99. The lowest BCUT2D eigenvalue weighted by molar-refractivity contribution is 0.284. The van der Waals surface area contributed by atoms with Gasteiger partial charge < -0.3 is 4.74 Å². The van der Waals surface area contributed by atoms with Gasteiger partial charge in [0.1, 0.15) is 5.75 Å². The van der Waals surface area contributed by atoms with Gasteiger partial charge in [-0.2, -0.15) is 4.37 Å². The fourth-order valence-electron chi connectivity index (χ4n) is 2.74. The monoisotopic (exact) mass is 324 g/mol. The predicted octanol–water partition coefficient (Wildman–Crippen LogP) is 5.70. The first-order valence-corrected chi connectivity index (χ1v) is 8.05. The molecular weight excluding hydrogens is 304 g/mol. The standard InChI is InChI=1S/C16H21ClN2OS/c1-15(2,3)10-16(4,5)11-6-8-12(9-7-11)20-14-13(17)18-21-19-14/h6-9H,10H2,1-5H3. The molecular formula is C16H21ClN2OS. The highest BCUT2D eigenvalue weighted by Gasteiger charge is 2.27. The molecule has 1 aromatic carbocycles. The number of benzene rings is 1. The molecule has 1 aromatic heterocycles. The summed E-state index contributed by atoms with van der Waals surface area (Å²) in [5, 5.41) is 0.303. The number of nitrogens with zero attached hydrogens (tertiary/aromatic N) is 2. The lowest BCUT2D eigenvalue weighted by Crippen LogP contribution is -2.24. The molecule has 5 heteroatoms. The van der Waals surface area contributed by atoms with E-state index in [4.69, 9.17) is 16.3 Å². The van der Waals surface area contributed by atoms with E-state index in [0.717, 1.165) is 23.9 Å². The molecule has 114 valence electrons. The van der Waals surface area contributed by atoms with Gasteiger partial charge in [0.2, 0.25) is 5.15 Å². The quantitative estimate of drug-likeness (QED) is 0.723. The number of aromatic nitrogens is 2. The molecule has 2 aromatic rings. The Morgan fingerprint density at radius 1 is 1.05 bits per heavy atom. The molecule has 0 aliphatic rings. The summed E-state index contributed by atoms with van der Waals surface area (Å²) in [6.07, 6.45) is 1.11. The van der Waals surface area contributed by atoms with Crippen molar-refractivity contribution >= 4 is 23.3 Å². The summed E-state index contributed by atoms with van der Waals surface area (Å²) in [5.41, 5.74) is 1.71. The van der Waals surface area contributed by atoms with Crippen LogP contribution in [0.3, 0.4) is 0 Å². The highest BCUT2D eigenvalue weighted by atomic mass is 35.5. The fraction of sp³-hybridized carbons (Fsp3) is 0.500. The van der Waals surface area contributed by atoms with Gasteiger partial charge >= 0.3 is 0 Å². The molecule has 21 heavy (non-hydrogen) atoms. The first-order chi connectivity index (χ1) is 9.67. The van der Waals surface area contributed by atoms with Crippen LogP contribution in [0.1, 0.15) is 46.6 Å². The molecule has 1 heterocycles. The molecule has 0 amide bonds. The van der Waals surface area contributed by atoms with Crippen LogP contribution < -0.4 is 4.74 Å². The normalized spacial score (nSPS) is 12.5. The maximum Gasteiger partial charge on any atom is 0.270 e. The van der Waals surface area contributed by atoms with Crippen LogP contribution in [0.4, 0.5) is 0 Å². The summed E-state index contributed by atoms with van der Waals surface area (Å²) < 4.78 is 13.5. The second kappa shape index (κ2) is 5.93. The van der Waals surface area contributed by atoms with Crippen molar-refractivity contribution in [2.75, 3.05) is 0 Å². The van der Waals surface area contributed by atoms with Crippen molar-refractivity contribution in [1.29, 1.82) is 0 Å². The Morgan fingerprint density at radius 2 is 1.67 bits per heavy atom. The first kappa shape index (κ1) is 16.2. The minimum Gasteiger partial charge on any atom is -0.436 e. The fourth-order valence-corrected chi connectivity index (χ4v) is 3.36. The summed E-state index contributed by atoms with van der Waals surface area (Å²) in [6.45, 7) is 11.3. The van der Waals surface area contributed by atoms with Crippen LogP contribution in [0.25, 0.3) is 0 Å². The Kier molecular flexibility index (Phi) is 4.59. The lowest BCUT2D eigenvalue weighted by Gasteiger charge is -2.33. The van der Waals surface area contributed by atoms with Crippen molar-refractivity contribution in [1.82, 2.24) is 8.75 Å². The largest absolute Gasteiger partial charge is 0.436 e. The molecule has 0 atom stereocenters. The van der Waals surface area contributed by atoms with Crippen molar-refractivity contribution in [3.63, 3.8) is 0 Å². The van der Waals surface area contributed by atoms with Gasteiger partial charge in [0.05, 0.1) is 11.7 Å². The van der Waals surface area contributed by atoms with E-state index in [9.17, 15) is 0 Å². The van der Waals surface area contributed by atoms with Gasteiger partial charge in [-0.25, -0.2) is 0 Å². The van der Waals surface area contributed by atoms with Gasteiger partial charge in [-0.15, -0.1) is 4.37 Å². The molecule has 0 spiro atoms. The molecule has 0 aliphatic carbocycles. The number of hydrogen-bond donors (Lipinski definition) is 0. The van der Waals surface area contributed by atoms with E-state index in [2.05, 4.69) is 55.5 Å². The van der Waals surface area contributed by atoms with E-state index >= 15 is 0 Å². The van der Waals surface area contributed by atoms with Crippen molar-refractivity contribution in [3.8, 4) is 11.6 Å². The zero-order valence-corrected chi connectivity index (χ0v) is 14.7. The maximum atomic E-state index is 5.88. The summed E-state index contributed by atoms with van der Waals surface area (Å²) in [4.78, 5) is 0. The van der Waals surface area contributed by atoms with E-state index in [1.54, 1.807) is 0 Å². The van der Waals surface area contributed by atoms with Crippen molar-refractivity contribution in [2.45, 2.75) is 46.5 Å². The van der Waals surface area contributed by atoms with Crippen LogP contribution in [0.2, 0.25) is 5.15 Å². The zero-order chi connectivity index (χ0) is 15.7. The van der Waals surface area contributed by atoms with E-state index in [0.29, 0.717) is 16.4 Å². The Labute approximate surface area is 135 Å². The van der Waals surface area contributed by atoms with Crippen molar-refractivity contribution in [3.05, 3.63) is 35.0 Å². The molecule has 0 saturated heterocycles. The lowest BCUT2D eigenvalue weighted by atomic mass is 9.72. The third kappa shape index (κ3) is 4.42. The smallest absolute Gasteiger partial charge is 0.270 e. The second-order valence-electron chi connectivity index (χ2n) is 7.11. The van der Waals surface area contributed by atoms with Crippen LogP contribution in [-0.2, 0) is 5.41 Å². The summed E-state index contributed by atoms with van der Waals surface area (Å²) in [5.74, 6) is 1.09. The summed E-state index contributed by atoms with van der Waals surface area (Å²) in [6, 6.07) is 8.12. The van der Waals surface area contributed by atoms with E-state index < -0.39 is 0 Å². The molecule has 0 radical (unpaired) electrons. The van der Waals surface area contributed by atoms with Gasteiger partial charge in [-0.05, 0) is 34.9 Å². The van der Waals surface area contributed by atoms with E-state index in [1.807, 2.05) is 12.1 Å². The van der Waals surface area contributed by atoms with Crippen LogP contribution in [-0.4, -0.2) is 8.75 Å². The topological polar surface area (TPSA) is 35.0 Å². The highest BCUT2D eigenvalue weighted by Crippen LogP contribution is 2.37. The van der Waals surface area contributed by atoms with Gasteiger partial charge in [0.15, 0.2) is 0 Å². The van der Waals surface area contributed by atoms with Crippen molar-refractivity contribution in [2.24, 2.45) is 5.41 Å². The van der Waals surface area contributed by atoms with E-state index in [1.165, 1.54) is 5.56 Å². The Bertz CT molecular complexity index is 599. The molecule has 0 saturated carbocycles. The van der Waals surface area contributed by atoms with Crippen LogP contribution >= 0.6 is 23.3 Å². The van der Waals surface area contributed by atoms with Gasteiger partial charge in [0.25, 0.3) is 5.88 Å². The molecule has 0 unspecified atom stereocenters. The molecule has 0 bridgehead atoms. The number of hydrogen-bond acceptors (Lipinski definition) is 4. The zero-order valence-electron chi connectivity index (χ0n) is 13.1. The molecule has 0 N–H and O–H groups in total. The summed E-state index contributed by atoms with van der Waals surface area (Å²) in [7, 11) is 0. The first-order valence-electron chi connectivity index (χ1n) is 6.94.